The van der Waals surface area contributed by atoms with Gasteiger partial charge in [-0.1, -0.05) is 44.2 Å². The first-order chi connectivity index (χ1) is 24.4. The molecule has 2 aliphatic rings. The van der Waals surface area contributed by atoms with E-state index in [1.165, 1.54) is 0 Å². The number of methoxy groups -OCH3 is 1. The maximum Gasteiger partial charge on any atom is 0.243 e. The lowest BCUT2D eigenvalue weighted by molar-refractivity contribution is -0.135. The zero-order chi connectivity index (χ0) is 37.5. The maximum atomic E-state index is 13.8. The van der Waals surface area contributed by atoms with Crippen LogP contribution in [0.1, 0.15) is 69.9 Å². The second-order valence-electron chi connectivity index (χ2n) is 13.6. The van der Waals surface area contributed by atoms with Crippen molar-refractivity contribution in [3.63, 3.8) is 0 Å². The number of carbonyl (C=O) groups is 5. The molecule has 5 amide bonds. The number of fused-ring (bicyclic) bond motifs is 16. The van der Waals surface area contributed by atoms with Crippen LogP contribution >= 0.6 is 0 Å². The third-order valence-corrected chi connectivity index (χ3v) is 8.92. The molecule has 14 nitrogen and oxygen atoms in total. The van der Waals surface area contributed by atoms with Gasteiger partial charge < -0.3 is 48.9 Å². The van der Waals surface area contributed by atoms with Crippen LogP contribution in [0.15, 0.2) is 42.5 Å². The highest BCUT2D eigenvalue weighted by Gasteiger charge is 2.32. The van der Waals surface area contributed by atoms with Crippen LogP contribution in [0, 0.1) is 5.92 Å². The molecule has 0 aliphatic carbocycles. The van der Waals surface area contributed by atoms with Crippen molar-refractivity contribution < 1.29 is 28.7 Å². The Balaban J connectivity index is 2.07. The molecule has 2 aliphatic heterocycles. The number of hydrogen-bond donors (Lipinski definition) is 8. The Labute approximate surface area is 300 Å². The van der Waals surface area contributed by atoms with Crippen molar-refractivity contribution in [1.29, 1.82) is 0 Å². The van der Waals surface area contributed by atoms with Gasteiger partial charge in [-0.05, 0) is 99.2 Å². The molecule has 14 heteroatoms. The molecule has 0 aromatic heterocycles. The van der Waals surface area contributed by atoms with Gasteiger partial charge in [-0.15, -0.1) is 0 Å². The van der Waals surface area contributed by atoms with Gasteiger partial charge in [-0.2, -0.15) is 0 Å². The van der Waals surface area contributed by atoms with E-state index in [0.29, 0.717) is 44.5 Å². The van der Waals surface area contributed by atoms with Crippen LogP contribution in [0.3, 0.4) is 0 Å². The quantitative estimate of drug-likeness (QED) is 0.113. The molecule has 0 saturated carbocycles. The zero-order valence-electron chi connectivity index (χ0n) is 30.0. The van der Waals surface area contributed by atoms with E-state index in [1.807, 2.05) is 50.2 Å². The number of benzene rings is 2. The summed E-state index contributed by atoms with van der Waals surface area (Å²) < 4.78 is 5.62. The molecule has 0 fully saturated rings. The topological polar surface area (TPSA) is 247 Å². The lowest BCUT2D eigenvalue weighted by atomic mass is 9.96. The molecule has 2 aromatic carbocycles. The van der Waals surface area contributed by atoms with Crippen LogP contribution in [-0.4, -0.2) is 79.9 Å². The fourth-order valence-electron chi connectivity index (χ4n) is 6.06. The van der Waals surface area contributed by atoms with Crippen molar-refractivity contribution in [2.75, 3.05) is 20.2 Å². The number of carbonyl (C=O) groups excluding carboxylic acids is 5. The predicted molar refractivity (Wildman–Crippen MR) is 196 cm³/mol. The molecule has 2 heterocycles. The van der Waals surface area contributed by atoms with E-state index in [9.17, 15) is 24.0 Å². The summed E-state index contributed by atoms with van der Waals surface area (Å²) in [6.07, 6.45) is 3.38. The van der Waals surface area contributed by atoms with E-state index in [2.05, 4.69) is 21.3 Å². The number of hydrogen-bond acceptors (Lipinski definition) is 9. The van der Waals surface area contributed by atoms with Crippen molar-refractivity contribution in [3.05, 3.63) is 53.6 Å². The molecule has 5 atom stereocenters. The van der Waals surface area contributed by atoms with E-state index in [1.54, 1.807) is 13.2 Å². The van der Waals surface area contributed by atoms with E-state index < -0.39 is 59.7 Å². The highest BCUT2D eigenvalue weighted by Crippen LogP contribution is 2.31. The third-order valence-electron chi connectivity index (χ3n) is 8.92. The molecule has 280 valence electrons. The van der Waals surface area contributed by atoms with Crippen molar-refractivity contribution in [2.24, 2.45) is 28.9 Å². The second-order valence-corrected chi connectivity index (χ2v) is 13.6. The summed E-state index contributed by atoms with van der Waals surface area (Å²) in [7, 11) is 1.56. The van der Waals surface area contributed by atoms with Crippen molar-refractivity contribution in [3.8, 4) is 16.9 Å². The molecule has 0 unspecified atom stereocenters. The molecular weight excluding hydrogens is 652 g/mol. The first-order valence-corrected chi connectivity index (χ1v) is 17.8. The van der Waals surface area contributed by atoms with Gasteiger partial charge in [0, 0.05) is 12.0 Å². The minimum Gasteiger partial charge on any atom is -0.496 e. The molecule has 51 heavy (non-hydrogen) atoms. The van der Waals surface area contributed by atoms with Gasteiger partial charge in [0.15, 0.2) is 0 Å². The number of ether oxygens (including phenoxy) is 1. The SMILES string of the molecule is COc1ccc2cc1-c1ccc(cc1)C[C@@H](C(N)=O)NC(=O)[C@H](CC(C)C)NC(=O)[C@H](CCCCN)NC(=O)[C@H](CCCCN)NC(=O)[C@@H](N)C2. The molecular formula is C37H56N8O6. The van der Waals surface area contributed by atoms with Gasteiger partial charge in [0.25, 0.3) is 0 Å². The zero-order valence-corrected chi connectivity index (χ0v) is 30.0. The number of nitrogens with one attached hydrogen (secondary N) is 4. The molecule has 12 N–H and O–H groups in total. The summed E-state index contributed by atoms with van der Waals surface area (Å²) in [6, 6.07) is 7.84. The Morgan fingerprint density at radius 2 is 1.27 bits per heavy atom. The van der Waals surface area contributed by atoms with Crippen molar-refractivity contribution in [2.45, 2.75) is 102 Å². The molecule has 0 saturated heterocycles. The first kappa shape index (κ1) is 40.9. The molecule has 2 aromatic rings. The normalized spacial score (nSPS) is 22.2. The molecule has 4 bridgehead atoms. The monoisotopic (exact) mass is 708 g/mol. The van der Waals surface area contributed by atoms with Crippen LogP contribution in [-0.2, 0) is 36.8 Å². The van der Waals surface area contributed by atoms with E-state index in [0.717, 1.165) is 22.3 Å². The summed E-state index contributed by atoms with van der Waals surface area (Å²) in [5.41, 5.74) is 26.7. The van der Waals surface area contributed by atoms with Crippen LogP contribution in [0.4, 0.5) is 0 Å². The smallest absolute Gasteiger partial charge is 0.243 e. The average molecular weight is 709 g/mol. The first-order valence-electron chi connectivity index (χ1n) is 17.8. The highest BCUT2D eigenvalue weighted by atomic mass is 16.5. The van der Waals surface area contributed by atoms with Gasteiger partial charge in [0.1, 0.15) is 29.9 Å². The minimum absolute atomic E-state index is 0.00805. The van der Waals surface area contributed by atoms with E-state index in [-0.39, 0.29) is 38.0 Å². The summed E-state index contributed by atoms with van der Waals surface area (Å²) in [5, 5.41) is 11.1. The average Bonchev–Trinajstić information content (AvgIpc) is 3.09. The molecule has 0 spiro atoms. The lowest BCUT2D eigenvalue weighted by Crippen LogP contribution is -2.59. The fraction of sp³-hybridized carbons (Fsp3) is 0.541. The number of primary amides is 1. The lowest BCUT2D eigenvalue weighted by Gasteiger charge is -2.27. The second kappa shape index (κ2) is 20.4. The Kier molecular flexibility index (Phi) is 16.3. The van der Waals surface area contributed by atoms with Gasteiger partial charge >= 0.3 is 0 Å². The summed E-state index contributed by atoms with van der Waals surface area (Å²) in [6.45, 7) is 4.60. The number of nitrogens with two attached hydrogens (primary N) is 4. The predicted octanol–water partition coefficient (Wildman–Crippen LogP) is 0.517. The third kappa shape index (κ3) is 12.6. The van der Waals surface area contributed by atoms with Crippen molar-refractivity contribution in [1.82, 2.24) is 21.3 Å². The van der Waals surface area contributed by atoms with Crippen LogP contribution < -0.4 is 48.9 Å². The van der Waals surface area contributed by atoms with Gasteiger partial charge in [0.2, 0.25) is 29.5 Å². The number of rotatable bonds is 12. The summed E-state index contributed by atoms with van der Waals surface area (Å²) in [5.74, 6) is -2.35. The molecule has 4 rings (SSSR count). The Hall–Kier alpha value is -4.53. The largest absolute Gasteiger partial charge is 0.496 e. The van der Waals surface area contributed by atoms with Crippen molar-refractivity contribution >= 4 is 29.5 Å². The Morgan fingerprint density at radius 3 is 1.80 bits per heavy atom. The number of amides is 5. The van der Waals surface area contributed by atoms with Crippen LogP contribution in [0.25, 0.3) is 11.1 Å². The van der Waals surface area contributed by atoms with Crippen LogP contribution in [0.5, 0.6) is 5.75 Å². The minimum atomic E-state index is -1.05. The standard InChI is InChI=1S/C37H56N8O6/c1-22(2)18-31-37(50)44-30(33(41)46)21-23-10-13-25(14-11-23)26-19-24(12-15-32(26)51-3)20-27(40)34(47)42-28(8-4-6-16-38)35(48)43-29(36(49)45-31)9-5-7-17-39/h10-15,19,22,27-31H,4-9,16-18,20-21,38-40H2,1-3H3,(H2,41,46)(H,42,47)(H,43,48)(H,44,50)(H,45,49)/t27-,28-,29-,30-,31-/m0/s1. The summed E-state index contributed by atoms with van der Waals surface area (Å²) in [4.78, 5) is 67.2. The number of unbranched alkanes of at least 4 members (excludes halogenated alkanes) is 2. The van der Waals surface area contributed by atoms with E-state index in [4.69, 9.17) is 27.7 Å². The van der Waals surface area contributed by atoms with Crippen LogP contribution in [0.2, 0.25) is 0 Å². The van der Waals surface area contributed by atoms with Gasteiger partial charge in [0.05, 0.1) is 13.2 Å². The van der Waals surface area contributed by atoms with E-state index >= 15 is 0 Å². The fourth-order valence-corrected chi connectivity index (χ4v) is 6.06. The van der Waals surface area contributed by atoms with Gasteiger partial charge in [-0.3, -0.25) is 24.0 Å². The highest BCUT2D eigenvalue weighted by molar-refractivity contribution is 5.96. The molecule has 0 radical (unpaired) electrons. The Morgan fingerprint density at radius 1 is 0.745 bits per heavy atom. The Bertz CT molecular complexity index is 1480. The summed E-state index contributed by atoms with van der Waals surface area (Å²) >= 11 is 0. The maximum absolute atomic E-state index is 13.8. The van der Waals surface area contributed by atoms with Gasteiger partial charge in [-0.25, -0.2) is 0 Å².